The number of carbonyl (C=O) groups excluding carboxylic acids is 2. The second kappa shape index (κ2) is 4.21. The third kappa shape index (κ3) is 2.98. The smallest absolute Gasteiger partial charge is 0.156 e. The fraction of sp³-hybridized carbons (Fsp3) is 0.667. The highest BCUT2D eigenvalue weighted by atomic mass is 16.1. The molecular weight excluding hydrogens is 118 g/mol. The quantitative estimate of drug-likeness (QED) is 0.415. The van der Waals surface area contributed by atoms with E-state index >= 15 is 0 Å². The van der Waals surface area contributed by atoms with E-state index in [-0.39, 0.29) is 12.3 Å². The number of hydrogen-bond acceptors (Lipinski definition) is 3. The largest absolute Gasteiger partial charge is 0.313 e. The van der Waals surface area contributed by atoms with Gasteiger partial charge in [0.15, 0.2) is 5.78 Å². The van der Waals surface area contributed by atoms with Crippen molar-refractivity contribution in [1.29, 1.82) is 0 Å². The summed E-state index contributed by atoms with van der Waals surface area (Å²) >= 11 is 0. The Morgan fingerprint density at radius 3 is 2.67 bits per heavy atom. The van der Waals surface area contributed by atoms with E-state index in [4.69, 9.17) is 0 Å². The summed E-state index contributed by atoms with van der Waals surface area (Å²) in [5.41, 5.74) is 0. The van der Waals surface area contributed by atoms with E-state index in [1.807, 2.05) is 0 Å². The van der Waals surface area contributed by atoms with Crippen LogP contribution < -0.4 is 5.32 Å². The van der Waals surface area contributed by atoms with Gasteiger partial charge < -0.3 is 10.1 Å². The molecule has 0 rings (SSSR count). The standard InChI is InChI=1S/C6H11NO2/c1-5(4-8)6(9)3-7-2/h4-5,7H,3H2,1-2H3. The van der Waals surface area contributed by atoms with Gasteiger partial charge in [-0.15, -0.1) is 0 Å². The van der Waals surface area contributed by atoms with Crippen LogP contribution in [0.4, 0.5) is 0 Å². The molecular formula is C6H11NO2. The Hall–Kier alpha value is -0.700. The average molecular weight is 129 g/mol. The van der Waals surface area contributed by atoms with E-state index in [9.17, 15) is 9.59 Å². The van der Waals surface area contributed by atoms with Crippen molar-refractivity contribution in [1.82, 2.24) is 5.32 Å². The molecule has 0 radical (unpaired) electrons. The van der Waals surface area contributed by atoms with Crippen molar-refractivity contribution >= 4 is 12.1 Å². The van der Waals surface area contributed by atoms with Gasteiger partial charge in [0, 0.05) is 0 Å². The zero-order valence-electron chi connectivity index (χ0n) is 5.68. The highest BCUT2D eigenvalue weighted by Crippen LogP contribution is 1.88. The lowest BCUT2D eigenvalue weighted by Crippen LogP contribution is -2.24. The Bertz CT molecular complexity index is 112. The lowest BCUT2D eigenvalue weighted by atomic mass is 10.1. The second-order valence-corrected chi connectivity index (χ2v) is 1.92. The van der Waals surface area contributed by atoms with Gasteiger partial charge in [0.25, 0.3) is 0 Å². The van der Waals surface area contributed by atoms with Crippen LogP contribution in [-0.2, 0) is 9.59 Å². The van der Waals surface area contributed by atoms with Crippen LogP contribution in [0.1, 0.15) is 6.92 Å². The van der Waals surface area contributed by atoms with Crippen molar-refractivity contribution in [3.05, 3.63) is 0 Å². The number of nitrogens with one attached hydrogen (secondary N) is 1. The lowest BCUT2D eigenvalue weighted by Gasteiger charge is -1.99. The Labute approximate surface area is 54.4 Å². The zero-order valence-corrected chi connectivity index (χ0v) is 5.68. The van der Waals surface area contributed by atoms with Crippen molar-refractivity contribution in [3.63, 3.8) is 0 Å². The summed E-state index contributed by atoms with van der Waals surface area (Å²) in [6.45, 7) is 1.87. The predicted molar refractivity (Wildman–Crippen MR) is 34.2 cm³/mol. The molecule has 1 atom stereocenters. The fourth-order valence-electron chi connectivity index (χ4n) is 0.411. The predicted octanol–water partition coefficient (Wildman–Crippen LogP) is -0.390. The molecule has 1 unspecified atom stereocenters. The van der Waals surface area contributed by atoms with E-state index in [1.165, 1.54) is 0 Å². The van der Waals surface area contributed by atoms with Crippen LogP contribution in [0.15, 0.2) is 0 Å². The number of Topliss-reactive ketones (excluding diaryl/α,β-unsaturated/α-hetero) is 1. The maximum absolute atomic E-state index is 10.7. The normalized spacial score (nSPS) is 12.7. The molecule has 0 amide bonds. The van der Waals surface area contributed by atoms with E-state index in [0.717, 1.165) is 0 Å². The number of likely N-dealkylation sites (N-methyl/N-ethyl adjacent to an activating group) is 1. The molecule has 3 nitrogen and oxygen atoms in total. The van der Waals surface area contributed by atoms with Gasteiger partial charge in [-0.1, -0.05) is 0 Å². The van der Waals surface area contributed by atoms with Gasteiger partial charge in [-0.2, -0.15) is 0 Å². The van der Waals surface area contributed by atoms with Crippen LogP contribution in [-0.4, -0.2) is 25.7 Å². The molecule has 0 spiro atoms. The highest BCUT2D eigenvalue weighted by Gasteiger charge is 2.08. The van der Waals surface area contributed by atoms with E-state index in [0.29, 0.717) is 6.29 Å². The second-order valence-electron chi connectivity index (χ2n) is 1.92. The first-order chi connectivity index (χ1) is 4.22. The molecule has 52 valence electrons. The van der Waals surface area contributed by atoms with Crippen molar-refractivity contribution in [2.45, 2.75) is 6.92 Å². The number of ketones is 1. The minimum atomic E-state index is -0.461. The van der Waals surface area contributed by atoms with Crippen molar-refractivity contribution < 1.29 is 9.59 Å². The van der Waals surface area contributed by atoms with Gasteiger partial charge in [-0.25, -0.2) is 0 Å². The van der Waals surface area contributed by atoms with Crippen LogP contribution in [0.3, 0.4) is 0 Å². The van der Waals surface area contributed by atoms with Crippen LogP contribution in [0.25, 0.3) is 0 Å². The third-order valence-electron chi connectivity index (χ3n) is 1.06. The molecule has 0 bridgehead atoms. The first kappa shape index (κ1) is 8.30. The molecule has 0 heterocycles. The number of aldehydes is 1. The van der Waals surface area contributed by atoms with Gasteiger partial charge in [-0.05, 0) is 14.0 Å². The molecule has 0 aromatic heterocycles. The summed E-state index contributed by atoms with van der Waals surface area (Å²) < 4.78 is 0. The molecule has 0 aliphatic rings. The molecule has 0 saturated carbocycles. The summed E-state index contributed by atoms with van der Waals surface area (Å²) in [4.78, 5) is 20.7. The Balaban J connectivity index is 3.58. The monoisotopic (exact) mass is 129 g/mol. The van der Waals surface area contributed by atoms with Crippen LogP contribution >= 0.6 is 0 Å². The van der Waals surface area contributed by atoms with Crippen LogP contribution in [0, 0.1) is 5.92 Å². The number of hydrogen-bond donors (Lipinski definition) is 1. The summed E-state index contributed by atoms with van der Waals surface area (Å²) in [7, 11) is 1.68. The Morgan fingerprint density at radius 2 is 2.33 bits per heavy atom. The van der Waals surface area contributed by atoms with Crippen LogP contribution in [0.2, 0.25) is 0 Å². The number of carbonyl (C=O) groups is 2. The Morgan fingerprint density at radius 1 is 1.78 bits per heavy atom. The zero-order chi connectivity index (χ0) is 7.28. The topological polar surface area (TPSA) is 46.2 Å². The number of rotatable bonds is 4. The van der Waals surface area contributed by atoms with Gasteiger partial charge >= 0.3 is 0 Å². The van der Waals surface area contributed by atoms with Gasteiger partial charge in [0.1, 0.15) is 6.29 Å². The van der Waals surface area contributed by atoms with E-state index < -0.39 is 5.92 Å². The summed E-state index contributed by atoms with van der Waals surface area (Å²) in [5.74, 6) is -0.523. The van der Waals surface area contributed by atoms with Crippen molar-refractivity contribution in [2.24, 2.45) is 5.92 Å². The third-order valence-corrected chi connectivity index (χ3v) is 1.06. The Kier molecular flexibility index (Phi) is 3.88. The molecule has 0 fully saturated rings. The summed E-state index contributed by atoms with van der Waals surface area (Å²) in [6, 6.07) is 0. The van der Waals surface area contributed by atoms with Crippen molar-refractivity contribution in [2.75, 3.05) is 13.6 Å². The van der Waals surface area contributed by atoms with Gasteiger partial charge in [0.2, 0.25) is 0 Å². The summed E-state index contributed by atoms with van der Waals surface area (Å²) in [6.07, 6.45) is 0.652. The maximum Gasteiger partial charge on any atom is 0.156 e. The average Bonchev–Trinajstić information content (AvgIpc) is 1.87. The summed E-state index contributed by atoms with van der Waals surface area (Å²) in [5, 5.41) is 2.67. The van der Waals surface area contributed by atoms with E-state index in [1.54, 1.807) is 14.0 Å². The van der Waals surface area contributed by atoms with Crippen molar-refractivity contribution in [3.8, 4) is 0 Å². The maximum atomic E-state index is 10.7. The molecule has 9 heavy (non-hydrogen) atoms. The van der Waals surface area contributed by atoms with Gasteiger partial charge in [0.05, 0.1) is 12.5 Å². The minimum absolute atomic E-state index is 0.0625. The highest BCUT2D eigenvalue weighted by molar-refractivity contribution is 5.93. The molecule has 3 heteroatoms. The molecule has 0 aliphatic carbocycles. The molecule has 0 aromatic rings. The van der Waals surface area contributed by atoms with Crippen LogP contribution in [0.5, 0.6) is 0 Å². The van der Waals surface area contributed by atoms with E-state index in [2.05, 4.69) is 5.32 Å². The molecule has 0 aliphatic heterocycles. The fourth-order valence-corrected chi connectivity index (χ4v) is 0.411. The molecule has 0 saturated heterocycles. The van der Waals surface area contributed by atoms with Gasteiger partial charge in [-0.3, -0.25) is 4.79 Å². The lowest BCUT2D eigenvalue weighted by molar-refractivity contribution is -0.125. The first-order valence-electron chi connectivity index (χ1n) is 2.85. The minimum Gasteiger partial charge on any atom is -0.313 e. The molecule has 1 N–H and O–H groups in total. The SMILES string of the molecule is CNCC(=O)C(C)C=O. The molecule has 0 aromatic carbocycles. The first-order valence-corrected chi connectivity index (χ1v) is 2.85.